The van der Waals surface area contributed by atoms with E-state index in [2.05, 4.69) is 28.8 Å². The number of nitrogens with zero attached hydrogens (tertiary/aromatic N) is 1. The molecule has 1 aliphatic carbocycles. The predicted molar refractivity (Wildman–Crippen MR) is 99.2 cm³/mol. The van der Waals surface area contributed by atoms with Crippen molar-refractivity contribution in [3.05, 3.63) is 46.7 Å². The van der Waals surface area contributed by atoms with Crippen molar-refractivity contribution >= 4 is 5.91 Å². The number of hydrogen-bond donors (Lipinski definition) is 3. The van der Waals surface area contributed by atoms with E-state index in [1.54, 1.807) is 0 Å². The molecule has 1 aliphatic rings. The fraction of sp³-hybridized carbons (Fsp3) is 0.500. The zero-order valence-electron chi connectivity index (χ0n) is 15.3. The van der Waals surface area contributed by atoms with Crippen LogP contribution in [-0.4, -0.2) is 37.4 Å². The topological polar surface area (TPSA) is 94.4 Å². The Labute approximate surface area is 154 Å². The van der Waals surface area contributed by atoms with E-state index in [1.807, 2.05) is 13.0 Å². The molecule has 1 amide bonds. The summed E-state index contributed by atoms with van der Waals surface area (Å²) in [6.07, 6.45) is 6.08. The molecular formula is C20H27N3O3. The van der Waals surface area contributed by atoms with Gasteiger partial charge in [-0.15, -0.1) is 0 Å². The Bertz CT molecular complexity index is 679. The average molecular weight is 357 g/mol. The minimum absolute atomic E-state index is 0.0250. The summed E-state index contributed by atoms with van der Waals surface area (Å²) in [4.78, 5) is 12.3. The van der Waals surface area contributed by atoms with Gasteiger partial charge < -0.3 is 20.5 Å². The molecule has 0 fully saturated rings. The van der Waals surface area contributed by atoms with Gasteiger partial charge in [-0.3, -0.25) is 4.79 Å². The van der Waals surface area contributed by atoms with Gasteiger partial charge in [0.2, 0.25) is 0 Å². The third-order valence-electron chi connectivity index (χ3n) is 4.46. The largest absolute Gasteiger partial charge is 0.394 e. The van der Waals surface area contributed by atoms with Crippen molar-refractivity contribution < 1.29 is 14.6 Å². The number of fused-ring (bicyclic) bond motifs is 1. The lowest BCUT2D eigenvalue weighted by molar-refractivity contribution is -0.117. The number of carbonyl (C=O) groups excluding carboxylic acids is 1. The van der Waals surface area contributed by atoms with Crippen molar-refractivity contribution in [3.8, 4) is 6.07 Å². The first-order valence-electron chi connectivity index (χ1n) is 9.10. The number of nitriles is 1. The van der Waals surface area contributed by atoms with Crippen molar-refractivity contribution in [2.24, 2.45) is 0 Å². The maximum absolute atomic E-state index is 12.3. The molecule has 0 aromatic heterocycles. The second-order valence-corrected chi connectivity index (χ2v) is 6.39. The number of ether oxygens (including phenoxy) is 1. The van der Waals surface area contributed by atoms with Crippen LogP contribution in [0, 0.1) is 11.3 Å². The SMILES string of the molecule is CC(NC(=O)/C(C#N)=C\NCCOCCO)c1ccc2c(c1)CCCC2. The Kier molecular flexibility index (Phi) is 8.13. The van der Waals surface area contributed by atoms with Gasteiger partial charge in [-0.25, -0.2) is 0 Å². The van der Waals surface area contributed by atoms with E-state index >= 15 is 0 Å². The molecule has 140 valence electrons. The first kappa shape index (κ1) is 20.0. The Hall–Kier alpha value is -2.36. The van der Waals surface area contributed by atoms with Gasteiger partial charge in [0, 0.05) is 12.7 Å². The second-order valence-electron chi connectivity index (χ2n) is 6.39. The standard InChI is InChI=1S/C20H27N3O3/c1-15(17-7-6-16-4-2-3-5-18(16)12-17)23-20(25)19(13-21)14-22-8-10-26-11-9-24/h6-7,12,14-15,22,24H,2-5,8-11H2,1H3,(H,23,25)/b19-14-. The Morgan fingerprint density at radius 3 is 2.85 bits per heavy atom. The fourth-order valence-corrected chi connectivity index (χ4v) is 3.00. The molecule has 0 aliphatic heterocycles. The first-order chi connectivity index (χ1) is 12.7. The highest BCUT2D eigenvalue weighted by molar-refractivity contribution is 5.97. The molecule has 2 rings (SSSR count). The van der Waals surface area contributed by atoms with Crippen LogP contribution in [0.25, 0.3) is 0 Å². The molecule has 0 saturated heterocycles. The number of hydrogen-bond acceptors (Lipinski definition) is 5. The van der Waals surface area contributed by atoms with Gasteiger partial charge in [0.1, 0.15) is 11.6 Å². The number of amides is 1. The van der Waals surface area contributed by atoms with E-state index in [9.17, 15) is 10.1 Å². The van der Waals surface area contributed by atoms with Crippen molar-refractivity contribution in [1.82, 2.24) is 10.6 Å². The summed E-state index contributed by atoms with van der Waals surface area (Å²) < 4.78 is 5.10. The molecule has 0 heterocycles. The first-order valence-corrected chi connectivity index (χ1v) is 9.10. The summed E-state index contributed by atoms with van der Waals surface area (Å²) in [5, 5.41) is 23.6. The Morgan fingerprint density at radius 2 is 2.12 bits per heavy atom. The van der Waals surface area contributed by atoms with E-state index in [0.717, 1.165) is 18.4 Å². The number of benzene rings is 1. The van der Waals surface area contributed by atoms with Gasteiger partial charge in [0.15, 0.2) is 0 Å². The van der Waals surface area contributed by atoms with E-state index < -0.39 is 5.91 Å². The normalized spacial score (nSPS) is 14.9. The minimum Gasteiger partial charge on any atom is -0.394 e. The van der Waals surface area contributed by atoms with Gasteiger partial charge in [0.25, 0.3) is 5.91 Å². The third-order valence-corrected chi connectivity index (χ3v) is 4.46. The van der Waals surface area contributed by atoms with E-state index in [0.29, 0.717) is 13.2 Å². The molecule has 0 saturated carbocycles. The van der Waals surface area contributed by atoms with Gasteiger partial charge in [-0.1, -0.05) is 18.2 Å². The quantitative estimate of drug-likeness (QED) is 0.356. The maximum Gasteiger partial charge on any atom is 0.263 e. The summed E-state index contributed by atoms with van der Waals surface area (Å²) in [6, 6.07) is 8.13. The smallest absolute Gasteiger partial charge is 0.263 e. The van der Waals surface area contributed by atoms with Crippen LogP contribution in [-0.2, 0) is 22.4 Å². The lowest BCUT2D eigenvalue weighted by Crippen LogP contribution is -2.29. The number of aryl methyl sites for hydroxylation is 2. The summed E-state index contributed by atoms with van der Waals surface area (Å²) in [7, 11) is 0. The summed E-state index contributed by atoms with van der Waals surface area (Å²) in [5.74, 6) is -0.401. The highest BCUT2D eigenvalue weighted by Crippen LogP contribution is 2.24. The van der Waals surface area contributed by atoms with Crippen LogP contribution in [0.2, 0.25) is 0 Å². The monoisotopic (exact) mass is 357 g/mol. The summed E-state index contributed by atoms with van der Waals surface area (Å²) >= 11 is 0. The van der Waals surface area contributed by atoms with Crippen molar-refractivity contribution in [2.75, 3.05) is 26.4 Å². The molecule has 3 N–H and O–H groups in total. The lowest BCUT2D eigenvalue weighted by atomic mass is 9.89. The number of nitrogens with one attached hydrogen (secondary N) is 2. The molecule has 26 heavy (non-hydrogen) atoms. The predicted octanol–water partition coefficient (Wildman–Crippen LogP) is 1.75. The maximum atomic E-state index is 12.3. The molecule has 6 nitrogen and oxygen atoms in total. The Morgan fingerprint density at radius 1 is 1.35 bits per heavy atom. The highest BCUT2D eigenvalue weighted by atomic mass is 16.5. The number of rotatable bonds is 9. The van der Waals surface area contributed by atoms with Gasteiger partial charge in [0.05, 0.1) is 25.9 Å². The van der Waals surface area contributed by atoms with Gasteiger partial charge in [-0.2, -0.15) is 5.26 Å². The molecule has 0 radical (unpaired) electrons. The van der Waals surface area contributed by atoms with Crippen molar-refractivity contribution in [2.45, 2.75) is 38.6 Å². The van der Waals surface area contributed by atoms with E-state index in [4.69, 9.17) is 9.84 Å². The molecule has 0 bridgehead atoms. The van der Waals surface area contributed by atoms with E-state index in [-0.39, 0.29) is 24.8 Å². The van der Waals surface area contributed by atoms with Crippen LogP contribution >= 0.6 is 0 Å². The minimum atomic E-state index is -0.401. The zero-order valence-corrected chi connectivity index (χ0v) is 15.3. The summed E-state index contributed by atoms with van der Waals surface area (Å²) in [6.45, 7) is 3.02. The number of aliphatic hydroxyl groups is 1. The molecule has 1 atom stereocenters. The number of carbonyl (C=O) groups is 1. The van der Waals surface area contributed by atoms with E-state index in [1.165, 1.54) is 30.2 Å². The summed E-state index contributed by atoms with van der Waals surface area (Å²) in [5.41, 5.74) is 3.86. The molecule has 1 unspecified atom stereocenters. The molecule has 1 aromatic rings. The van der Waals surface area contributed by atoms with Crippen molar-refractivity contribution in [1.29, 1.82) is 5.26 Å². The molecule has 6 heteroatoms. The third kappa shape index (κ3) is 5.87. The fourth-order valence-electron chi connectivity index (χ4n) is 3.00. The van der Waals surface area contributed by atoms with Crippen LogP contribution in [0.15, 0.2) is 30.0 Å². The van der Waals surface area contributed by atoms with Crippen LogP contribution in [0.1, 0.15) is 42.5 Å². The lowest BCUT2D eigenvalue weighted by Gasteiger charge is -2.20. The van der Waals surface area contributed by atoms with Crippen molar-refractivity contribution in [3.63, 3.8) is 0 Å². The van der Waals surface area contributed by atoms with Crippen LogP contribution in [0.4, 0.5) is 0 Å². The Balaban J connectivity index is 1.89. The molecular weight excluding hydrogens is 330 g/mol. The van der Waals surface area contributed by atoms with Crippen LogP contribution < -0.4 is 10.6 Å². The van der Waals surface area contributed by atoms with Crippen LogP contribution in [0.3, 0.4) is 0 Å². The zero-order chi connectivity index (χ0) is 18.8. The van der Waals surface area contributed by atoms with Gasteiger partial charge >= 0.3 is 0 Å². The van der Waals surface area contributed by atoms with Crippen LogP contribution in [0.5, 0.6) is 0 Å². The second kappa shape index (κ2) is 10.6. The molecule has 0 spiro atoms. The highest BCUT2D eigenvalue weighted by Gasteiger charge is 2.16. The van der Waals surface area contributed by atoms with Gasteiger partial charge in [-0.05, 0) is 49.3 Å². The average Bonchev–Trinajstić information content (AvgIpc) is 2.67. The number of aliphatic hydroxyl groups excluding tert-OH is 1. The molecule has 1 aromatic carbocycles.